The Balaban J connectivity index is 2.18. The van der Waals surface area contributed by atoms with Gasteiger partial charge in [0.1, 0.15) is 12.4 Å². The van der Waals surface area contributed by atoms with Crippen molar-refractivity contribution in [3.63, 3.8) is 0 Å². The maximum absolute atomic E-state index is 12.3. The molecular formula is C17H17NO3. The normalized spacial score (nSPS) is 9.86. The first kappa shape index (κ1) is 14.9. The van der Waals surface area contributed by atoms with Crippen molar-refractivity contribution in [3.05, 3.63) is 59.0 Å². The summed E-state index contributed by atoms with van der Waals surface area (Å²) in [6.07, 6.45) is 1.51. The number of furan rings is 1. The number of hydrogen-bond acceptors (Lipinski definition) is 3. The molecule has 0 unspecified atom stereocenters. The summed E-state index contributed by atoms with van der Waals surface area (Å²) in [7, 11) is 1.74. The van der Waals surface area contributed by atoms with Crippen LogP contribution in [0.5, 0.6) is 0 Å². The zero-order chi connectivity index (χ0) is 15.2. The van der Waals surface area contributed by atoms with Crippen LogP contribution in [0.15, 0.2) is 41.0 Å². The van der Waals surface area contributed by atoms with Gasteiger partial charge in [-0.1, -0.05) is 30.0 Å². The minimum absolute atomic E-state index is 0.0915. The van der Waals surface area contributed by atoms with Crippen molar-refractivity contribution in [1.29, 1.82) is 0 Å². The van der Waals surface area contributed by atoms with Crippen molar-refractivity contribution in [2.75, 3.05) is 13.7 Å². The topological polar surface area (TPSA) is 53.7 Å². The molecule has 1 amide bonds. The van der Waals surface area contributed by atoms with Gasteiger partial charge in [-0.25, -0.2) is 0 Å². The number of aryl methyl sites for hydroxylation is 1. The lowest BCUT2D eigenvalue weighted by molar-refractivity contribution is 0.0783. The number of aliphatic hydroxyl groups excluding tert-OH is 1. The second-order valence-corrected chi connectivity index (χ2v) is 4.67. The predicted molar refractivity (Wildman–Crippen MR) is 79.6 cm³/mol. The molecule has 0 aliphatic heterocycles. The van der Waals surface area contributed by atoms with E-state index in [4.69, 9.17) is 9.52 Å². The molecular weight excluding hydrogens is 266 g/mol. The molecule has 2 aromatic rings. The fourth-order valence-corrected chi connectivity index (χ4v) is 2.05. The lowest BCUT2D eigenvalue weighted by Gasteiger charge is -2.17. The van der Waals surface area contributed by atoms with Gasteiger partial charge in [-0.05, 0) is 24.6 Å². The second kappa shape index (κ2) is 6.78. The molecule has 0 spiro atoms. The van der Waals surface area contributed by atoms with E-state index >= 15 is 0 Å². The van der Waals surface area contributed by atoms with E-state index in [1.54, 1.807) is 24.9 Å². The van der Waals surface area contributed by atoms with E-state index in [0.717, 1.165) is 11.1 Å². The summed E-state index contributed by atoms with van der Waals surface area (Å²) in [4.78, 5) is 14.0. The molecule has 0 aliphatic rings. The summed E-state index contributed by atoms with van der Waals surface area (Å²) >= 11 is 0. The maximum atomic E-state index is 12.3. The van der Waals surface area contributed by atoms with Gasteiger partial charge in [-0.3, -0.25) is 4.79 Å². The Bertz CT molecular complexity index is 691. The highest BCUT2D eigenvalue weighted by atomic mass is 16.3. The lowest BCUT2D eigenvalue weighted by atomic mass is 10.1. The van der Waals surface area contributed by atoms with Gasteiger partial charge in [0.2, 0.25) is 0 Å². The van der Waals surface area contributed by atoms with Crippen LogP contribution in [0.3, 0.4) is 0 Å². The third-order valence-electron chi connectivity index (χ3n) is 3.16. The average molecular weight is 283 g/mol. The van der Waals surface area contributed by atoms with Crippen LogP contribution in [0.4, 0.5) is 0 Å². The third-order valence-corrected chi connectivity index (χ3v) is 3.16. The van der Waals surface area contributed by atoms with Gasteiger partial charge in [-0.2, -0.15) is 0 Å². The van der Waals surface area contributed by atoms with Crippen LogP contribution < -0.4 is 0 Å². The van der Waals surface area contributed by atoms with Crippen LogP contribution in [0.1, 0.15) is 27.2 Å². The molecule has 21 heavy (non-hydrogen) atoms. The van der Waals surface area contributed by atoms with Gasteiger partial charge in [0.15, 0.2) is 0 Å². The van der Waals surface area contributed by atoms with E-state index in [1.165, 1.54) is 6.26 Å². The molecule has 4 heteroatoms. The molecule has 1 aromatic heterocycles. The largest absolute Gasteiger partial charge is 0.469 e. The molecule has 1 heterocycles. The van der Waals surface area contributed by atoms with Gasteiger partial charge >= 0.3 is 0 Å². The minimum atomic E-state index is -0.183. The lowest BCUT2D eigenvalue weighted by Crippen LogP contribution is -2.26. The van der Waals surface area contributed by atoms with Gasteiger partial charge in [0, 0.05) is 19.2 Å². The van der Waals surface area contributed by atoms with E-state index in [1.807, 2.05) is 24.3 Å². The van der Waals surface area contributed by atoms with E-state index < -0.39 is 0 Å². The van der Waals surface area contributed by atoms with Gasteiger partial charge in [0.05, 0.1) is 11.8 Å². The Morgan fingerprint density at radius 2 is 2.10 bits per heavy atom. The number of amides is 1. The van der Waals surface area contributed by atoms with Crippen LogP contribution in [0, 0.1) is 18.8 Å². The number of rotatable bonds is 3. The number of nitrogens with zero attached hydrogens (tertiary/aromatic N) is 1. The number of carbonyl (C=O) groups is 1. The first-order chi connectivity index (χ1) is 10.1. The van der Waals surface area contributed by atoms with Gasteiger partial charge < -0.3 is 14.4 Å². The molecule has 0 saturated heterocycles. The Morgan fingerprint density at radius 1 is 1.33 bits per heavy atom. The molecule has 0 radical (unpaired) electrons. The molecule has 1 N–H and O–H groups in total. The highest BCUT2D eigenvalue weighted by molar-refractivity contribution is 5.94. The zero-order valence-electron chi connectivity index (χ0n) is 12.1. The summed E-state index contributed by atoms with van der Waals surface area (Å²) in [5.74, 6) is 6.05. The van der Waals surface area contributed by atoms with Crippen molar-refractivity contribution in [1.82, 2.24) is 4.90 Å². The fourth-order valence-electron chi connectivity index (χ4n) is 2.05. The molecule has 0 atom stereocenters. The number of aliphatic hydroxyl groups is 1. The van der Waals surface area contributed by atoms with Crippen molar-refractivity contribution in [2.45, 2.75) is 13.5 Å². The average Bonchev–Trinajstić information content (AvgIpc) is 2.91. The highest BCUT2D eigenvalue weighted by Gasteiger charge is 2.16. The molecule has 108 valence electrons. The number of carbonyl (C=O) groups excluding carboxylic acids is 1. The Hall–Kier alpha value is -2.51. The summed E-state index contributed by atoms with van der Waals surface area (Å²) in [5, 5.41) is 8.80. The summed E-state index contributed by atoms with van der Waals surface area (Å²) in [6.45, 7) is 2.03. The highest BCUT2D eigenvalue weighted by Crippen LogP contribution is 2.15. The standard InChI is InChI=1S/C17H17NO3/c1-13-16(9-11-21-13)17(20)18(2)12-15-7-4-3-6-14(15)8-5-10-19/h3-4,6-7,9,11,19H,10,12H2,1-2H3. The Morgan fingerprint density at radius 3 is 2.76 bits per heavy atom. The Kier molecular flexibility index (Phi) is 4.81. The van der Waals surface area contributed by atoms with Gasteiger partial charge in [0.25, 0.3) is 5.91 Å². The molecule has 1 aromatic carbocycles. The van der Waals surface area contributed by atoms with Crippen molar-refractivity contribution < 1.29 is 14.3 Å². The summed E-state index contributed by atoms with van der Waals surface area (Å²) in [5.41, 5.74) is 2.32. The summed E-state index contributed by atoms with van der Waals surface area (Å²) < 4.78 is 5.17. The molecule has 2 rings (SSSR count). The monoisotopic (exact) mass is 283 g/mol. The van der Waals surface area contributed by atoms with Crippen molar-refractivity contribution in [3.8, 4) is 11.8 Å². The Labute approximate surface area is 124 Å². The second-order valence-electron chi connectivity index (χ2n) is 4.67. The van der Waals surface area contributed by atoms with Crippen molar-refractivity contribution >= 4 is 5.91 Å². The smallest absolute Gasteiger partial charge is 0.257 e. The molecule has 0 saturated carbocycles. The molecule has 0 aliphatic carbocycles. The van der Waals surface area contributed by atoms with E-state index in [2.05, 4.69) is 11.8 Å². The minimum Gasteiger partial charge on any atom is -0.469 e. The summed E-state index contributed by atoms with van der Waals surface area (Å²) in [6, 6.07) is 9.26. The SMILES string of the molecule is Cc1occc1C(=O)N(C)Cc1ccccc1C#CCO. The van der Waals surface area contributed by atoms with E-state index in [0.29, 0.717) is 17.9 Å². The van der Waals surface area contributed by atoms with Crippen molar-refractivity contribution in [2.24, 2.45) is 0 Å². The van der Waals surface area contributed by atoms with Crippen LogP contribution in [0.2, 0.25) is 0 Å². The molecule has 0 fully saturated rings. The van der Waals surface area contributed by atoms with E-state index in [9.17, 15) is 4.79 Å². The molecule has 0 bridgehead atoms. The number of hydrogen-bond donors (Lipinski definition) is 1. The van der Waals surface area contributed by atoms with Crippen LogP contribution in [-0.4, -0.2) is 29.6 Å². The molecule has 4 nitrogen and oxygen atoms in total. The van der Waals surface area contributed by atoms with Gasteiger partial charge in [-0.15, -0.1) is 0 Å². The third kappa shape index (κ3) is 3.53. The number of benzene rings is 1. The zero-order valence-corrected chi connectivity index (χ0v) is 12.1. The predicted octanol–water partition coefficient (Wildman–Crippen LogP) is 2.20. The maximum Gasteiger partial charge on any atom is 0.257 e. The van der Waals surface area contributed by atoms with E-state index in [-0.39, 0.29) is 12.5 Å². The quantitative estimate of drug-likeness (QED) is 0.879. The van der Waals surface area contributed by atoms with Crippen LogP contribution >= 0.6 is 0 Å². The van der Waals surface area contributed by atoms with Crippen LogP contribution in [-0.2, 0) is 6.54 Å². The van der Waals surface area contributed by atoms with Crippen LogP contribution in [0.25, 0.3) is 0 Å². The fraction of sp³-hybridized carbons (Fsp3) is 0.235. The first-order valence-electron chi connectivity index (χ1n) is 6.60. The first-order valence-corrected chi connectivity index (χ1v) is 6.60.